The van der Waals surface area contributed by atoms with Gasteiger partial charge in [-0.15, -0.1) is 12.4 Å². The van der Waals surface area contributed by atoms with E-state index in [9.17, 15) is 14.4 Å². The number of benzene rings is 1. The van der Waals surface area contributed by atoms with Gasteiger partial charge in [-0.1, -0.05) is 25.1 Å². The number of halogens is 1. The van der Waals surface area contributed by atoms with E-state index in [4.69, 9.17) is 5.73 Å². The molecule has 3 amide bonds. The van der Waals surface area contributed by atoms with E-state index < -0.39 is 0 Å². The number of nitrogens with two attached hydrogens (primary N) is 1. The molecule has 1 atom stereocenters. The molecule has 1 aliphatic rings. The third-order valence-electron chi connectivity index (χ3n) is 3.56. The molecule has 1 aliphatic heterocycles. The smallest absolute Gasteiger partial charge is 0.229 e. The quantitative estimate of drug-likeness (QED) is 0.798. The first kappa shape index (κ1) is 18.1. The molecule has 0 saturated carbocycles. The van der Waals surface area contributed by atoms with E-state index in [1.807, 2.05) is 6.07 Å². The largest absolute Gasteiger partial charge is 0.330 e. The molecule has 1 aromatic rings. The fourth-order valence-electron chi connectivity index (χ4n) is 2.11. The number of hydrogen-bond donors (Lipinski definition) is 2. The Kier molecular flexibility index (Phi) is 6.52. The van der Waals surface area contributed by atoms with Crippen LogP contribution in [0.15, 0.2) is 24.3 Å². The number of para-hydroxylation sites is 1. The zero-order valence-corrected chi connectivity index (χ0v) is 13.2. The Morgan fingerprint density at radius 3 is 2.45 bits per heavy atom. The summed E-state index contributed by atoms with van der Waals surface area (Å²) in [6, 6.07) is 7.14. The maximum atomic E-state index is 11.9. The summed E-state index contributed by atoms with van der Waals surface area (Å²) in [6.07, 6.45) is 0.523. The van der Waals surface area contributed by atoms with Crippen molar-refractivity contribution in [1.29, 1.82) is 0 Å². The Balaban J connectivity index is 0.00000242. The number of nitrogens with zero attached hydrogens (tertiary/aromatic N) is 1. The van der Waals surface area contributed by atoms with Gasteiger partial charge in [0.1, 0.15) is 0 Å². The van der Waals surface area contributed by atoms with E-state index >= 15 is 0 Å². The van der Waals surface area contributed by atoms with E-state index in [-0.39, 0.29) is 62.0 Å². The van der Waals surface area contributed by atoms with Gasteiger partial charge in [-0.05, 0) is 11.6 Å². The molecule has 0 radical (unpaired) electrons. The Labute approximate surface area is 135 Å². The van der Waals surface area contributed by atoms with Crippen LogP contribution in [0.4, 0.5) is 5.69 Å². The fourth-order valence-corrected chi connectivity index (χ4v) is 2.11. The highest BCUT2D eigenvalue weighted by Crippen LogP contribution is 2.21. The number of rotatable bonds is 5. The Bertz CT molecular complexity index is 561. The van der Waals surface area contributed by atoms with Gasteiger partial charge in [-0.3, -0.25) is 19.3 Å². The molecule has 6 nitrogen and oxygen atoms in total. The minimum atomic E-state index is -0.298. The maximum Gasteiger partial charge on any atom is 0.229 e. The van der Waals surface area contributed by atoms with Crippen LogP contribution >= 0.6 is 12.4 Å². The molecule has 2 rings (SSSR count). The first-order valence-corrected chi connectivity index (χ1v) is 6.95. The van der Waals surface area contributed by atoms with Crippen LogP contribution < -0.4 is 11.1 Å². The van der Waals surface area contributed by atoms with E-state index in [2.05, 4.69) is 5.32 Å². The van der Waals surface area contributed by atoms with E-state index in [1.54, 1.807) is 25.1 Å². The van der Waals surface area contributed by atoms with E-state index in [0.717, 1.165) is 5.56 Å². The minimum Gasteiger partial charge on any atom is -0.330 e. The molecule has 0 aromatic heterocycles. The summed E-state index contributed by atoms with van der Waals surface area (Å²) in [4.78, 5) is 36.5. The third kappa shape index (κ3) is 4.05. The molecule has 1 heterocycles. The van der Waals surface area contributed by atoms with E-state index in [1.165, 1.54) is 4.90 Å². The fraction of sp³-hybridized carbons (Fsp3) is 0.400. The lowest BCUT2D eigenvalue weighted by molar-refractivity contribution is -0.139. The maximum absolute atomic E-state index is 11.9. The lowest BCUT2D eigenvalue weighted by atomic mass is 10.1. The Morgan fingerprint density at radius 1 is 1.27 bits per heavy atom. The molecule has 1 aromatic carbocycles. The summed E-state index contributed by atoms with van der Waals surface area (Å²) in [7, 11) is 0. The topological polar surface area (TPSA) is 92.5 Å². The molecule has 1 fully saturated rings. The van der Waals surface area contributed by atoms with Gasteiger partial charge < -0.3 is 11.1 Å². The van der Waals surface area contributed by atoms with Gasteiger partial charge in [-0.2, -0.15) is 0 Å². The van der Waals surface area contributed by atoms with E-state index in [0.29, 0.717) is 5.69 Å². The predicted octanol–water partition coefficient (Wildman–Crippen LogP) is 1.29. The molecule has 3 N–H and O–H groups in total. The number of carbonyl (C=O) groups is 3. The molecule has 22 heavy (non-hydrogen) atoms. The van der Waals surface area contributed by atoms with Gasteiger partial charge in [0.05, 0.1) is 6.54 Å². The van der Waals surface area contributed by atoms with Crippen molar-refractivity contribution < 1.29 is 14.4 Å². The monoisotopic (exact) mass is 325 g/mol. The minimum absolute atomic E-state index is 0. The van der Waals surface area contributed by atoms with Crippen LogP contribution in [-0.4, -0.2) is 29.2 Å². The number of amides is 3. The highest BCUT2D eigenvalue weighted by atomic mass is 35.5. The zero-order valence-electron chi connectivity index (χ0n) is 12.4. The van der Waals surface area contributed by atoms with Crippen LogP contribution in [-0.2, 0) is 20.9 Å². The number of carbonyl (C=O) groups excluding carboxylic acids is 3. The van der Waals surface area contributed by atoms with Crippen molar-refractivity contribution in [3.05, 3.63) is 29.8 Å². The van der Waals surface area contributed by atoms with Crippen molar-refractivity contribution in [3.8, 4) is 0 Å². The third-order valence-corrected chi connectivity index (χ3v) is 3.56. The second kappa shape index (κ2) is 7.91. The molecule has 7 heteroatoms. The second-order valence-electron chi connectivity index (χ2n) is 5.16. The standard InChI is InChI=1S/C15H19N3O3.ClH/c1-10(8-16)15(21)17-12-5-3-2-4-11(12)9-18-13(19)6-7-14(18)20;/h2-5,10H,6-9,16H2,1H3,(H,17,21);1H. The predicted molar refractivity (Wildman–Crippen MR) is 85.3 cm³/mol. The summed E-state index contributed by atoms with van der Waals surface area (Å²) in [6.45, 7) is 2.19. The van der Waals surface area contributed by atoms with Crippen LogP contribution in [0.3, 0.4) is 0 Å². The van der Waals surface area contributed by atoms with Crippen molar-refractivity contribution in [3.63, 3.8) is 0 Å². The van der Waals surface area contributed by atoms with Crippen molar-refractivity contribution in [2.45, 2.75) is 26.3 Å². The number of hydrogen-bond acceptors (Lipinski definition) is 4. The first-order valence-electron chi connectivity index (χ1n) is 6.95. The van der Waals surface area contributed by atoms with Crippen LogP contribution in [0.2, 0.25) is 0 Å². The van der Waals surface area contributed by atoms with Crippen LogP contribution in [0.1, 0.15) is 25.3 Å². The van der Waals surface area contributed by atoms with Gasteiger partial charge >= 0.3 is 0 Å². The highest BCUT2D eigenvalue weighted by molar-refractivity contribution is 6.02. The molecular weight excluding hydrogens is 306 g/mol. The van der Waals surface area contributed by atoms with Crippen LogP contribution in [0, 0.1) is 5.92 Å². The van der Waals surface area contributed by atoms with Crippen molar-refractivity contribution >= 4 is 35.8 Å². The first-order chi connectivity index (χ1) is 10.0. The Hall–Kier alpha value is -1.92. The van der Waals surface area contributed by atoms with Gasteiger partial charge in [0.15, 0.2) is 0 Å². The molecule has 0 bridgehead atoms. The number of imide groups is 1. The SMILES string of the molecule is CC(CN)C(=O)Nc1ccccc1CN1C(=O)CCC1=O.Cl. The molecule has 1 saturated heterocycles. The molecule has 0 spiro atoms. The number of anilines is 1. The summed E-state index contributed by atoms with van der Waals surface area (Å²) in [5, 5.41) is 2.80. The number of nitrogens with one attached hydrogen (secondary N) is 1. The molecule has 120 valence electrons. The Morgan fingerprint density at radius 2 is 1.86 bits per heavy atom. The van der Waals surface area contributed by atoms with Crippen molar-refractivity contribution in [2.24, 2.45) is 11.7 Å². The lowest BCUT2D eigenvalue weighted by Crippen LogP contribution is -2.30. The van der Waals surface area contributed by atoms with Gasteiger partial charge in [0.25, 0.3) is 0 Å². The lowest BCUT2D eigenvalue weighted by Gasteiger charge is -2.18. The van der Waals surface area contributed by atoms with Gasteiger partial charge in [0, 0.05) is 31.0 Å². The van der Waals surface area contributed by atoms with Crippen molar-refractivity contribution in [2.75, 3.05) is 11.9 Å². The molecule has 0 aliphatic carbocycles. The van der Waals surface area contributed by atoms with Gasteiger partial charge in [-0.25, -0.2) is 0 Å². The zero-order chi connectivity index (χ0) is 15.4. The number of likely N-dealkylation sites (tertiary alicyclic amines) is 1. The summed E-state index contributed by atoms with van der Waals surface area (Å²) < 4.78 is 0. The van der Waals surface area contributed by atoms with Crippen LogP contribution in [0.25, 0.3) is 0 Å². The van der Waals surface area contributed by atoms with Crippen LogP contribution in [0.5, 0.6) is 0 Å². The average molecular weight is 326 g/mol. The second-order valence-corrected chi connectivity index (χ2v) is 5.16. The van der Waals surface area contributed by atoms with Gasteiger partial charge in [0.2, 0.25) is 17.7 Å². The normalized spacial score (nSPS) is 15.5. The average Bonchev–Trinajstić information content (AvgIpc) is 2.80. The highest BCUT2D eigenvalue weighted by Gasteiger charge is 2.29. The van der Waals surface area contributed by atoms with Crippen molar-refractivity contribution in [1.82, 2.24) is 4.90 Å². The summed E-state index contributed by atoms with van der Waals surface area (Å²) in [5.41, 5.74) is 6.82. The summed E-state index contributed by atoms with van der Waals surface area (Å²) in [5.74, 6) is -0.815. The summed E-state index contributed by atoms with van der Waals surface area (Å²) >= 11 is 0. The molecule has 1 unspecified atom stereocenters. The molecular formula is C15H20ClN3O3.